The van der Waals surface area contributed by atoms with Gasteiger partial charge in [0, 0.05) is 28.3 Å². The van der Waals surface area contributed by atoms with Crippen LogP contribution in [0.3, 0.4) is 0 Å². The summed E-state index contributed by atoms with van der Waals surface area (Å²) < 4.78 is 8.22. The van der Waals surface area contributed by atoms with E-state index in [-0.39, 0.29) is 6.10 Å². The van der Waals surface area contributed by atoms with Gasteiger partial charge >= 0.3 is 0 Å². The fraction of sp³-hybridized carbons (Fsp3) is 0.240. The van der Waals surface area contributed by atoms with Gasteiger partial charge in [-0.15, -0.1) is 28.1 Å². The van der Waals surface area contributed by atoms with Crippen LogP contribution in [0.2, 0.25) is 5.02 Å². The molecule has 4 aromatic rings. The average molecular weight is 497 g/mol. The van der Waals surface area contributed by atoms with Crippen LogP contribution in [-0.2, 0) is 12.3 Å². The molecule has 2 aromatic carbocycles. The summed E-state index contributed by atoms with van der Waals surface area (Å²) in [6.45, 7) is 10.5. The molecule has 5 nitrogen and oxygen atoms in total. The number of aromatic nitrogens is 4. The molecule has 0 amide bonds. The first kappa shape index (κ1) is 23.5. The van der Waals surface area contributed by atoms with E-state index < -0.39 is 0 Å². The molecule has 0 radical (unpaired) electrons. The highest BCUT2D eigenvalue weighted by Gasteiger charge is 2.20. The molecule has 0 aliphatic rings. The summed E-state index contributed by atoms with van der Waals surface area (Å²) in [5, 5.41) is 13.5. The second-order valence-corrected chi connectivity index (χ2v) is 9.95. The summed E-state index contributed by atoms with van der Waals surface area (Å²) in [5.74, 6) is 2.24. The predicted octanol–water partition coefficient (Wildman–Crippen LogP) is 7.29. The fourth-order valence-electron chi connectivity index (χ4n) is 3.42. The lowest BCUT2D eigenvalue weighted by molar-refractivity contribution is 0.209. The monoisotopic (exact) mass is 496 g/mol. The SMILES string of the molecule is C=CCn1c(SCc2csc(-c3cccc(C)c3)n2)nnc1C(C)Oc1ccc(Cl)cc1C. The zero-order valence-electron chi connectivity index (χ0n) is 18.8. The van der Waals surface area contributed by atoms with Crippen LogP contribution in [0.5, 0.6) is 5.75 Å². The summed E-state index contributed by atoms with van der Waals surface area (Å²) in [7, 11) is 0. The molecular weight excluding hydrogens is 472 g/mol. The number of nitrogens with zero attached hydrogens (tertiary/aromatic N) is 4. The largest absolute Gasteiger partial charge is 0.482 e. The number of hydrogen-bond donors (Lipinski definition) is 0. The third-order valence-electron chi connectivity index (χ3n) is 5.03. The molecule has 0 bridgehead atoms. The molecule has 2 heterocycles. The first-order valence-corrected chi connectivity index (χ1v) is 12.8. The maximum absolute atomic E-state index is 6.18. The molecule has 0 saturated heterocycles. The molecule has 0 aliphatic heterocycles. The Bertz CT molecular complexity index is 1270. The van der Waals surface area contributed by atoms with E-state index in [1.807, 2.05) is 42.7 Å². The van der Waals surface area contributed by atoms with E-state index in [2.05, 4.69) is 53.3 Å². The quantitative estimate of drug-likeness (QED) is 0.180. The first-order valence-electron chi connectivity index (χ1n) is 10.6. The Morgan fingerprint density at radius 2 is 2.06 bits per heavy atom. The molecule has 8 heteroatoms. The molecule has 33 heavy (non-hydrogen) atoms. The number of allylic oxidation sites excluding steroid dienone is 1. The molecular formula is C25H25ClN4OS2. The lowest BCUT2D eigenvalue weighted by Gasteiger charge is -2.17. The number of thiazole rings is 1. The van der Waals surface area contributed by atoms with Crippen LogP contribution in [0.25, 0.3) is 10.6 Å². The first-order chi connectivity index (χ1) is 15.9. The average Bonchev–Trinajstić information content (AvgIpc) is 3.42. The van der Waals surface area contributed by atoms with Crippen LogP contribution >= 0.6 is 34.7 Å². The summed E-state index contributed by atoms with van der Waals surface area (Å²) in [6.07, 6.45) is 1.56. The number of ether oxygens (including phenoxy) is 1. The summed E-state index contributed by atoms with van der Waals surface area (Å²) in [4.78, 5) is 4.81. The van der Waals surface area contributed by atoms with Crippen LogP contribution < -0.4 is 4.74 Å². The van der Waals surface area contributed by atoms with Crippen molar-refractivity contribution in [2.45, 2.75) is 44.3 Å². The standard InChI is InChI=1S/C25H25ClN4OS2/c1-5-11-30-23(18(4)31-22-10-9-20(26)13-17(22)3)28-29-25(30)33-15-21-14-32-24(27-21)19-8-6-7-16(2)12-19/h5-10,12-14,18H,1,11,15H2,2-4H3. The van der Waals surface area contributed by atoms with E-state index in [9.17, 15) is 0 Å². The summed E-state index contributed by atoms with van der Waals surface area (Å²) >= 11 is 9.34. The van der Waals surface area contributed by atoms with E-state index in [1.165, 1.54) is 5.56 Å². The van der Waals surface area contributed by atoms with Crippen molar-refractivity contribution in [3.05, 3.63) is 88.2 Å². The smallest absolute Gasteiger partial charge is 0.192 e. The normalized spacial score (nSPS) is 12.0. The lowest BCUT2D eigenvalue weighted by atomic mass is 10.1. The van der Waals surface area contributed by atoms with Crippen molar-refractivity contribution in [1.29, 1.82) is 0 Å². The van der Waals surface area contributed by atoms with Crippen molar-refractivity contribution in [2.75, 3.05) is 0 Å². The van der Waals surface area contributed by atoms with Crippen LogP contribution in [0.4, 0.5) is 0 Å². The highest BCUT2D eigenvalue weighted by atomic mass is 35.5. The zero-order valence-corrected chi connectivity index (χ0v) is 21.2. The molecule has 0 aliphatic carbocycles. The van der Waals surface area contributed by atoms with Crippen LogP contribution in [0, 0.1) is 13.8 Å². The van der Waals surface area contributed by atoms with E-state index in [1.54, 1.807) is 23.1 Å². The number of halogens is 1. The maximum atomic E-state index is 6.18. The van der Waals surface area contributed by atoms with Crippen molar-refractivity contribution < 1.29 is 4.74 Å². The van der Waals surface area contributed by atoms with Gasteiger partial charge in [0.15, 0.2) is 17.1 Å². The van der Waals surface area contributed by atoms with Crippen molar-refractivity contribution in [3.63, 3.8) is 0 Å². The molecule has 0 spiro atoms. The highest BCUT2D eigenvalue weighted by Crippen LogP contribution is 2.31. The van der Waals surface area contributed by atoms with Gasteiger partial charge < -0.3 is 4.74 Å². The van der Waals surface area contributed by atoms with Gasteiger partial charge in [0.2, 0.25) is 0 Å². The van der Waals surface area contributed by atoms with E-state index in [4.69, 9.17) is 21.3 Å². The van der Waals surface area contributed by atoms with Gasteiger partial charge in [-0.05, 0) is 50.6 Å². The van der Waals surface area contributed by atoms with Crippen LogP contribution in [0.1, 0.15) is 35.7 Å². The van der Waals surface area contributed by atoms with Crippen molar-refractivity contribution >= 4 is 34.7 Å². The van der Waals surface area contributed by atoms with Gasteiger partial charge in [-0.1, -0.05) is 53.2 Å². The lowest BCUT2D eigenvalue weighted by Crippen LogP contribution is -2.12. The minimum absolute atomic E-state index is 0.279. The topological polar surface area (TPSA) is 52.8 Å². The Morgan fingerprint density at radius 1 is 1.21 bits per heavy atom. The molecule has 0 N–H and O–H groups in total. The Labute approximate surface area is 207 Å². The minimum Gasteiger partial charge on any atom is -0.482 e. The molecule has 1 unspecified atom stereocenters. The van der Waals surface area contributed by atoms with Gasteiger partial charge in [0.1, 0.15) is 10.8 Å². The van der Waals surface area contributed by atoms with Crippen molar-refractivity contribution in [1.82, 2.24) is 19.7 Å². The van der Waals surface area contributed by atoms with E-state index in [0.29, 0.717) is 17.3 Å². The molecule has 0 fully saturated rings. The number of benzene rings is 2. The van der Waals surface area contributed by atoms with Gasteiger partial charge in [-0.25, -0.2) is 4.98 Å². The Kier molecular flexibility index (Phi) is 7.53. The maximum Gasteiger partial charge on any atom is 0.192 e. The van der Waals surface area contributed by atoms with Gasteiger partial charge in [0.05, 0.1) is 5.69 Å². The Hall–Kier alpha value is -2.61. The predicted molar refractivity (Wildman–Crippen MR) is 137 cm³/mol. The zero-order chi connectivity index (χ0) is 23.4. The molecule has 1 atom stereocenters. The highest BCUT2D eigenvalue weighted by molar-refractivity contribution is 7.98. The van der Waals surface area contributed by atoms with Crippen molar-refractivity contribution in [3.8, 4) is 16.3 Å². The van der Waals surface area contributed by atoms with Gasteiger partial charge in [0.25, 0.3) is 0 Å². The molecule has 170 valence electrons. The fourth-order valence-corrected chi connectivity index (χ4v) is 5.42. The number of hydrogen-bond acceptors (Lipinski definition) is 6. The second-order valence-electron chi connectivity index (χ2n) is 7.71. The number of rotatable bonds is 9. The van der Waals surface area contributed by atoms with E-state index in [0.717, 1.165) is 38.6 Å². The van der Waals surface area contributed by atoms with Crippen LogP contribution in [-0.4, -0.2) is 19.7 Å². The molecule has 4 rings (SSSR count). The van der Waals surface area contributed by atoms with Gasteiger partial charge in [-0.3, -0.25) is 4.57 Å². The Balaban J connectivity index is 1.48. The third-order valence-corrected chi connectivity index (χ3v) is 7.20. The number of thioether (sulfide) groups is 1. The Morgan fingerprint density at radius 3 is 2.82 bits per heavy atom. The molecule has 2 aromatic heterocycles. The van der Waals surface area contributed by atoms with Gasteiger partial charge in [-0.2, -0.15) is 0 Å². The summed E-state index contributed by atoms with van der Waals surface area (Å²) in [5.41, 5.74) is 4.38. The second kappa shape index (κ2) is 10.5. The third kappa shape index (κ3) is 5.66. The van der Waals surface area contributed by atoms with Crippen LogP contribution in [0.15, 0.2) is 65.7 Å². The minimum atomic E-state index is -0.279. The van der Waals surface area contributed by atoms with Crippen molar-refractivity contribution in [2.24, 2.45) is 0 Å². The molecule has 0 saturated carbocycles. The number of aryl methyl sites for hydroxylation is 2. The summed E-state index contributed by atoms with van der Waals surface area (Å²) in [6, 6.07) is 14.0. The van der Waals surface area contributed by atoms with E-state index >= 15 is 0 Å².